The molecule has 2 aromatic rings. The summed E-state index contributed by atoms with van der Waals surface area (Å²) in [5.41, 5.74) is 5.54. The van der Waals surface area contributed by atoms with Crippen molar-refractivity contribution in [1.29, 1.82) is 0 Å². The number of aryl methyl sites for hydroxylation is 2. The molecule has 0 fully saturated rings. The molecule has 0 spiro atoms. The zero-order valence-corrected chi connectivity index (χ0v) is 16.8. The van der Waals surface area contributed by atoms with Gasteiger partial charge in [-0.25, -0.2) is 4.79 Å². The molecule has 1 aliphatic rings. The third kappa shape index (κ3) is 7.18. The highest BCUT2D eigenvalue weighted by Gasteiger charge is 2.23. The minimum atomic E-state index is -1.51. The molecule has 6 nitrogen and oxygen atoms in total. The van der Waals surface area contributed by atoms with Crippen LogP contribution in [0.15, 0.2) is 60.7 Å². The number of hydrogen-bond acceptors (Lipinski definition) is 4. The molecule has 1 aliphatic carbocycles. The second-order valence-electron chi connectivity index (χ2n) is 7.10. The molecule has 0 aromatic heterocycles. The van der Waals surface area contributed by atoms with Crippen LogP contribution >= 0.6 is 0 Å². The van der Waals surface area contributed by atoms with Crippen LogP contribution in [-0.4, -0.2) is 44.3 Å². The number of carboxylic acids is 2. The van der Waals surface area contributed by atoms with E-state index in [0.717, 1.165) is 26.0 Å². The lowest BCUT2D eigenvalue weighted by Gasteiger charge is -2.21. The number of nitrogens with one attached hydrogen (secondary N) is 1. The van der Waals surface area contributed by atoms with E-state index in [9.17, 15) is 14.7 Å². The van der Waals surface area contributed by atoms with Crippen LogP contribution in [0.3, 0.4) is 0 Å². The number of carbonyl (C=O) groups excluding carboxylic acids is 1. The molecule has 0 atom stereocenters. The van der Waals surface area contributed by atoms with E-state index in [1.807, 2.05) is 0 Å². The number of hydrogen-bond donors (Lipinski definition) is 2. The van der Waals surface area contributed by atoms with Crippen molar-refractivity contribution in [3.8, 4) is 0 Å². The number of likely N-dealkylation sites (N-methyl/N-ethyl adjacent to an activating group) is 1. The molecule has 0 saturated carbocycles. The van der Waals surface area contributed by atoms with Gasteiger partial charge in [0.2, 0.25) is 0 Å². The van der Waals surface area contributed by atoms with Crippen LogP contribution in [-0.2, 0) is 27.2 Å². The summed E-state index contributed by atoms with van der Waals surface area (Å²) in [6.07, 6.45) is 3.23. The summed E-state index contributed by atoms with van der Waals surface area (Å²) < 4.78 is 6.31. The summed E-state index contributed by atoms with van der Waals surface area (Å²) in [5.74, 6) is -2.80. The molecule has 0 saturated heterocycles. The Morgan fingerprint density at radius 2 is 1.55 bits per heavy atom. The Balaban J connectivity index is 0.000000321. The van der Waals surface area contributed by atoms with E-state index in [-0.39, 0.29) is 6.10 Å². The van der Waals surface area contributed by atoms with Gasteiger partial charge in [0.15, 0.2) is 0 Å². The molecule has 2 aromatic carbocycles. The number of carbonyl (C=O) groups is 2. The van der Waals surface area contributed by atoms with Crippen LogP contribution < -0.4 is 10.0 Å². The number of fused-ring (bicyclic) bond motifs is 2. The van der Waals surface area contributed by atoms with Crippen LogP contribution in [0.25, 0.3) is 0 Å². The molecule has 0 amide bonds. The minimum Gasteiger partial charge on any atom is -0.545 e. The van der Waals surface area contributed by atoms with Crippen molar-refractivity contribution >= 4 is 11.9 Å². The van der Waals surface area contributed by atoms with E-state index in [2.05, 4.69) is 62.6 Å². The fraction of sp³-hybridized carbons (Fsp3) is 0.304. The Morgan fingerprint density at radius 1 is 1.03 bits per heavy atom. The molecule has 2 N–H and O–H groups in total. The standard InChI is InChI=1S/C19H23NO.C4H4O4/c1-20(2)13-14-21-19-17-9-5-3-7-15(17)11-12-16-8-4-6-10-18(16)19;5-3(6)1-2-4(7)8/h3-10,19H,11-14H2,1-2H3;1-2H,(H,5,6)(H,7,8)/b;2-1-. The Bertz CT molecular complexity index is 796. The van der Waals surface area contributed by atoms with E-state index in [0.29, 0.717) is 12.2 Å². The molecular weight excluding hydrogens is 370 g/mol. The number of benzene rings is 2. The monoisotopic (exact) mass is 397 g/mol. The SMILES string of the molecule is C[NH+](C)CCOC1c2ccccc2CCc2ccccc21.O=C([O-])/C=C\C(=O)O. The highest BCUT2D eigenvalue weighted by Crippen LogP contribution is 2.34. The third-order valence-electron chi connectivity index (χ3n) is 4.59. The average Bonchev–Trinajstić information content (AvgIpc) is 2.84. The predicted octanol–water partition coefficient (Wildman–Crippen LogP) is 0.413. The first-order valence-electron chi connectivity index (χ1n) is 9.56. The lowest BCUT2D eigenvalue weighted by atomic mass is 9.97. The lowest BCUT2D eigenvalue weighted by Crippen LogP contribution is -3.06. The number of aliphatic carboxylic acids is 2. The molecular formula is C23H27NO5. The Labute approximate surface area is 171 Å². The first kappa shape index (κ1) is 22.3. The normalized spacial score (nSPS) is 13.2. The van der Waals surface area contributed by atoms with Gasteiger partial charge in [-0.2, -0.15) is 0 Å². The summed E-state index contributed by atoms with van der Waals surface area (Å²) in [5, 5.41) is 17.2. The number of rotatable bonds is 6. The summed E-state index contributed by atoms with van der Waals surface area (Å²) in [6.45, 7) is 1.82. The Hall–Kier alpha value is -2.96. The quantitative estimate of drug-likeness (QED) is 0.689. The Kier molecular flexibility index (Phi) is 8.58. The van der Waals surface area contributed by atoms with Gasteiger partial charge in [-0.05, 0) is 41.2 Å². The van der Waals surface area contributed by atoms with Crippen LogP contribution in [0.1, 0.15) is 28.4 Å². The van der Waals surface area contributed by atoms with Crippen molar-refractivity contribution in [2.75, 3.05) is 27.2 Å². The summed E-state index contributed by atoms with van der Waals surface area (Å²) >= 11 is 0. The molecule has 0 unspecified atom stereocenters. The van der Waals surface area contributed by atoms with E-state index >= 15 is 0 Å². The van der Waals surface area contributed by atoms with Crippen molar-refractivity contribution in [3.63, 3.8) is 0 Å². The highest BCUT2D eigenvalue weighted by molar-refractivity contribution is 5.88. The fourth-order valence-electron chi connectivity index (χ4n) is 3.17. The molecule has 3 rings (SSSR count). The van der Waals surface area contributed by atoms with Gasteiger partial charge in [0.05, 0.1) is 26.7 Å². The first-order chi connectivity index (χ1) is 13.9. The molecule has 0 heterocycles. The van der Waals surface area contributed by atoms with Crippen molar-refractivity contribution in [2.24, 2.45) is 0 Å². The molecule has 0 bridgehead atoms. The molecule has 0 radical (unpaired) electrons. The van der Waals surface area contributed by atoms with Gasteiger partial charge < -0.3 is 24.6 Å². The topological polar surface area (TPSA) is 91.1 Å². The summed E-state index contributed by atoms with van der Waals surface area (Å²) in [4.78, 5) is 20.4. The van der Waals surface area contributed by atoms with Crippen molar-refractivity contribution in [3.05, 3.63) is 82.9 Å². The molecule has 0 aliphatic heterocycles. The van der Waals surface area contributed by atoms with Crippen LogP contribution in [0.2, 0.25) is 0 Å². The van der Waals surface area contributed by atoms with E-state index < -0.39 is 11.9 Å². The van der Waals surface area contributed by atoms with E-state index in [1.54, 1.807) is 0 Å². The largest absolute Gasteiger partial charge is 0.545 e. The maximum atomic E-state index is 9.53. The summed E-state index contributed by atoms with van der Waals surface area (Å²) in [6, 6.07) is 17.5. The van der Waals surface area contributed by atoms with Gasteiger partial charge in [-0.15, -0.1) is 0 Å². The molecule has 29 heavy (non-hydrogen) atoms. The van der Waals surface area contributed by atoms with Crippen molar-refractivity contribution < 1.29 is 29.4 Å². The second kappa shape index (κ2) is 11.1. The second-order valence-corrected chi connectivity index (χ2v) is 7.10. The average molecular weight is 397 g/mol. The maximum absolute atomic E-state index is 9.53. The zero-order chi connectivity index (χ0) is 21.2. The molecule has 6 heteroatoms. The third-order valence-corrected chi connectivity index (χ3v) is 4.59. The van der Waals surface area contributed by atoms with Gasteiger partial charge in [0.25, 0.3) is 0 Å². The van der Waals surface area contributed by atoms with Gasteiger partial charge in [0, 0.05) is 6.08 Å². The number of carboxylic acid groups (broad SMARTS) is 2. The first-order valence-corrected chi connectivity index (χ1v) is 9.56. The van der Waals surface area contributed by atoms with Gasteiger partial charge >= 0.3 is 5.97 Å². The summed E-state index contributed by atoms with van der Waals surface area (Å²) in [7, 11) is 4.33. The zero-order valence-electron chi connectivity index (χ0n) is 16.8. The fourth-order valence-corrected chi connectivity index (χ4v) is 3.17. The predicted molar refractivity (Wildman–Crippen MR) is 108 cm³/mol. The number of ether oxygens (including phenoxy) is 1. The van der Waals surface area contributed by atoms with Crippen LogP contribution in [0.5, 0.6) is 0 Å². The smallest absolute Gasteiger partial charge is 0.328 e. The lowest BCUT2D eigenvalue weighted by molar-refractivity contribution is -0.858. The van der Waals surface area contributed by atoms with Crippen LogP contribution in [0, 0.1) is 0 Å². The van der Waals surface area contributed by atoms with Crippen LogP contribution in [0.4, 0.5) is 0 Å². The van der Waals surface area contributed by atoms with E-state index in [4.69, 9.17) is 9.84 Å². The van der Waals surface area contributed by atoms with Gasteiger partial charge in [-0.1, -0.05) is 48.5 Å². The Morgan fingerprint density at radius 3 is 1.97 bits per heavy atom. The van der Waals surface area contributed by atoms with Crippen molar-refractivity contribution in [2.45, 2.75) is 18.9 Å². The highest BCUT2D eigenvalue weighted by atomic mass is 16.5. The van der Waals surface area contributed by atoms with E-state index in [1.165, 1.54) is 27.2 Å². The molecule has 154 valence electrons. The van der Waals surface area contributed by atoms with Gasteiger partial charge in [0.1, 0.15) is 12.6 Å². The van der Waals surface area contributed by atoms with Gasteiger partial charge in [-0.3, -0.25) is 0 Å². The number of quaternary nitrogens is 1. The maximum Gasteiger partial charge on any atom is 0.328 e. The van der Waals surface area contributed by atoms with Crippen molar-refractivity contribution in [1.82, 2.24) is 0 Å². The minimum absolute atomic E-state index is 0.0826.